The van der Waals surface area contributed by atoms with Gasteiger partial charge in [-0.25, -0.2) is 38.7 Å². The Labute approximate surface area is 353 Å². The smallest absolute Gasteiger partial charge is 0.216 e. The second kappa shape index (κ2) is 20.0. The van der Waals surface area contributed by atoms with E-state index in [1.165, 1.54) is 71.3 Å². The van der Waals surface area contributed by atoms with E-state index in [4.69, 9.17) is 16.2 Å². The van der Waals surface area contributed by atoms with Crippen LogP contribution in [-0.2, 0) is 50.3 Å². The highest BCUT2D eigenvalue weighted by Gasteiger charge is 2.34. The van der Waals surface area contributed by atoms with Crippen molar-refractivity contribution in [1.82, 2.24) is 14.3 Å². The van der Waals surface area contributed by atoms with Crippen molar-refractivity contribution in [3.8, 4) is 5.75 Å². The minimum atomic E-state index is -3.88. The normalized spacial score (nSPS) is 13.7. The molecule has 18 heteroatoms. The van der Waals surface area contributed by atoms with E-state index in [-0.39, 0.29) is 53.4 Å². The standard InChI is InChI=1S/C25H27F2N3O4S.C18H20F2N2O3S/c1-25(28,16-35(32,33)30(2)15-17-4-8-20(34-3)9-5-17)21-12-18(6-10-22(21)27)13-24(31)23-11-7-19(26)14-29-23;1-3-26(24,25)11-18(2,21)14-8-12(4-6-15(14)20)9-17(23)16-7-5-13(19)10-22-16/h4-12,14H,13,15-16,28H2,1-3H3;4-8,10H,3,9,11,21H2,1-2H3/t25-;18-/m00/s1. The van der Waals surface area contributed by atoms with Crippen LogP contribution in [0.25, 0.3) is 0 Å². The first-order chi connectivity index (χ1) is 28.4. The summed E-state index contributed by atoms with van der Waals surface area (Å²) in [5.41, 5.74) is 11.1. The number of nitrogens with zero attached hydrogens (tertiary/aromatic N) is 3. The number of methoxy groups -OCH3 is 1. The third-order valence-corrected chi connectivity index (χ3v) is 13.5. The number of hydrogen-bond donors (Lipinski definition) is 2. The Balaban J connectivity index is 0.000000281. The van der Waals surface area contributed by atoms with Gasteiger partial charge in [-0.05, 0) is 79.1 Å². The second-order valence-corrected chi connectivity index (χ2v) is 19.4. The van der Waals surface area contributed by atoms with Gasteiger partial charge in [0.25, 0.3) is 0 Å². The van der Waals surface area contributed by atoms with Crippen LogP contribution in [0.4, 0.5) is 17.6 Å². The monoisotopic (exact) mass is 885 g/mol. The molecule has 0 aliphatic rings. The maximum Gasteiger partial charge on any atom is 0.216 e. The Morgan fingerprint density at radius 3 is 1.49 bits per heavy atom. The summed E-state index contributed by atoms with van der Waals surface area (Å²) in [6.07, 6.45) is 1.65. The van der Waals surface area contributed by atoms with Crippen LogP contribution in [0.5, 0.6) is 5.75 Å². The van der Waals surface area contributed by atoms with E-state index in [0.717, 1.165) is 46.5 Å². The molecule has 61 heavy (non-hydrogen) atoms. The maximum absolute atomic E-state index is 14.7. The van der Waals surface area contributed by atoms with Gasteiger partial charge < -0.3 is 16.2 Å². The lowest BCUT2D eigenvalue weighted by Gasteiger charge is -2.28. The fraction of sp³-hybridized carbons (Fsp3) is 0.302. The number of ether oxygens (including phenoxy) is 1. The van der Waals surface area contributed by atoms with E-state index >= 15 is 0 Å². The lowest BCUT2D eigenvalue weighted by molar-refractivity contribution is 0.0980. The number of benzene rings is 3. The molecule has 2 heterocycles. The number of rotatable bonds is 17. The number of hydrogen-bond acceptors (Lipinski definition) is 11. The Bertz CT molecular complexity index is 2560. The van der Waals surface area contributed by atoms with Gasteiger partial charge in [-0.3, -0.25) is 19.6 Å². The van der Waals surface area contributed by atoms with Crippen molar-refractivity contribution >= 4 is 31.4 Å². The molecule has 4 N–H and O–H groups in total. The zero-order valence-corrected chi connectivity index (χ0v) is 35.8. The number of sulfone groups is 1. The quantitative estimate of drug-likeness (QED) is 0.0845. The van der Waals surface area contributed by atoms with Gasteiger partial charge in [-0.15, -0.1) is 0 Å². The first kappa shape index (κ1) is 48.3. The van der Waals surface area contributed by atoms with Crippen molar-refractivity contribution in [2.75, 3.05) is 31.4 Å². The molecule has 2 atom stereocenters. The molecule has 0 amide bonds. The molecule has 0 saturated carbocycles. The lowest BCUT2D eigenvalue weighted by atomic mass is 9.92. The third kappa shape index (κ3) is 13.5. The minimum absolute atomic E-state index is 0.0203. The molecule has 5 aromatic rings. The molecule has 326 valence electrons. The first-order valence-corrected chi connectivity index (χ1v) is 22.1. The predicted octanol–water partition coefficient (Wildman–Crippen LogP) is 5.82. The fourth-order valence-electron chi connectivity index (χ4n) is 6.16. The summed E-state index contributed by atoms with van der Waals surface area (Å²) >= 11 is 0. The van der Waals surface area contributed by atoms with Gasteiger partial charge in [0.15, 0.2) is 21.4 Å². The van der Waals surface area contributed by atoms with E-state index < -0.39 is 71.5 Å². The Kier molecular flexibility index (Phi) is 15.8. The number of carbonyl (C=O) groups excluding carboxylic acids is 2. The fourth-order valence-corrected chi connectivity index (χ4v) is 8.92. The largest absolute Gasteiger partial charge is 0.497 e. The highest BCUT2D eigenvalue weighted by atomic mass is 32.2. The van der Waals surface area contributed by atoms with E-state index in [1.807, 2.05) is 0 Å². The summed E-state index contributed by atoms with van der Waals surface area (Å²) in [7, 11) is -4.34. The van der Waals surface area contributed by atoms with E-state index in [0.29, 0.717) is 16.9 Å². The SMILES string of the molecule is CCS(=O)(=O)C[C@](C)(N)c1cc(CC(=O)c2ccc(F)cn2)ccc1F.COc1ccc(CN(C)S(=O)(=O)C[C@](C)(N)c2cc(CC(=O)c3ccc(F)cn3)ccc2F)cc1. The average Bonchev–Trinajstić information content (AvgIpc) is 3.19. The van der Waals surface area contributed by atoms with Crippen molar-refractivity contribution in [2.24, 2.45) is 11.5 Å². The van der Waals surface area contributed by atoms with Crippen LogP contribution in [0, 0.1) is 23.3 Å². The van der Waals surface area contributed by atoms with Gasteiger partial charge in [-0.1, -0.05) is 43.3 Å². The van der Waals surface area contributed by atoms with Gasteiger partial charge in [0, 0.05) is 43.3 Å². The maximum atomic E-state index is 14.7. The summed E-state index contributed by atoms with van der Waals surface area (Å²) in [5, 5.41) is 0. The Morgan fingerprint density at radius 1 is 0.672 bits per heavy atom. The van der Waals surface area contributed by atoms with Gasteiger partial charge in [0.2, 0.25) is 10.0 Å². The van der Waals surface area contributed by atoms with E-state index in [9.17, 15) is 44.0 Å². The molecular weight excluding hydrogens is 839 g/mol. The van der Waals surface area contributed by atoms with Crippen LogP contribution in [0.15, 0.2) is 97.3 Å². The highest BCUT2D eigenvalue weighted by Crippen LogP contribution is 2.27. The lowest BCUT2D eigenvalue weighted by Crippen LogP contribution is -2.45. The van der Waals surface area contributed by atoms with Gasteiger partial charge in [0.1, 0.15) is 40.4 Å². The number of pyridine rings is 2. The van der Waals surface area contributed by atoms with Gasteiger partial charge in [-0.2, -0.15) is 0 Å². The number of sulfonamides is 1. The molecule has 0 spiro atoms. The van der Waals surface area contributed by atoms with Crippen LogP contribution in [0.2, 0.25) is 0 Å². The minimum Gasteiger partial charge on any atom is -0.497 e. The highest BCUT2D eigenvalue weighted by molar-refractivity contribution is 7.91. The number of aromatic nitrogens is 2. The Morgan fingerprint density at radius 2 is 1.10 bits per heavy atom. The van der Waals surface area contributed by atoms with Crippen molar-refractivity contribution in [1.29, 1.82) is 0 Å². The molecule has 0 bridgehead atoms. The molecule has 0 aliphatic heterocycles. The number of halogens is 4. The average molecular weight is 886 g/mol. The third-order valence-electron chi connectivity index (χ3n) is 9.53. The first-order valence-electron chi connectivity index (χ1n) is 18.7. The summed E-state index contributed by atoms with van der Waals surface area (Å²) in [6, 6.07) is 19.7. The van der Waals surface area contributed by atoms with Crippen molar-refractivity contribution in [2.45, 2.75) is 51.2 Å². The summed E-state index contributed by atoms with van der Waals surface area (Å²) in [5.74, 6) is -3.63. The summed E-state index contributed by atoms with van der Waals surface area (Å²) in [6.45, 7) is 4.46. The van der Waals surface area contributed by atoms with Crippen molar-refractivity contribution in [3.63, 3.8) is 0 Å². The molecule has 0 fully saturated rings. The molecular formula is C43H47F4N5O7S2. The second-order valence-electron chi connectivity index (χ2n) is 14.9. The molecule has 3 aromatic carbocycles. The molecule has 2 aromatic heterocycles. The molecule has 5 rings (SSSR count). The molecule has 0 aliphatic carbocycles. The van der Waals surface area contributed by atoms with Crippen LogP contribution >= 0.6 is 0 Å². The number of ketones is 2. The molecule has 0 unspecified atom stereocenters. The number of nitrogens with two attached hydrogens (primary N) is 2. The Hall–Kier alpha value is -5.40. The topological polar surface area (TPSA) is 193 Å². The van der Waals surface area contributed by atoms with E-state index in [1.54, 1.807) is 24.3 Å². The zero-order chi connectivity index (χ0) is 45.3. The van der Waals surface area contributed by atoms with E-state index in [2.05, 4.69) is 9.97 Å². The summed E-state index contributed by atoms with van der Waals surface area (Å²) < 4.78 is 111. The van der Waals surface area contributed by atoms with Crippen LogP contribution in [-0.4, -0.2) is 74.1 Å². The van der Waals surface area contributed by atoms with Crippen LogP contribution < -0.4 is 16.2 Å². The van der Waals surface area contributed by atoms with Gasteiger partial charge >= 0.3 is 0 Å². The zero-order valence-electron chi connectivity index (χ0n) is 34.2. The molecule has 0 radical (unpaired) electrons. The van der Waals surface area contributed by atoms with Crippen LogP contribution in [0.1, 0.15) is 69.6 Å². The van der Waals surface area contributed by atoms with Crippen molar-refractivity contribution in [3.05, 3.63) is 160 Å². The van der Waals surface area contributed by atoms with Crippen molar-refractivity contribution < 1.29 is 48.7 Å². The number of Topliss-reactive ketones (excluding diaryl/α,β-unsaturated/α-hetero) is 2. The van der Waals surface area contributed by atoms with Crippen LogP contribution in [0.3, 0.4) is 0 Å². The molecule has 0 saturated heterocycles. The van der Waals surface area contributed by atoms with Gasteiger partial charge in [0.05, 0.1) is 42.1 Å². The predicted molar refractivity (Wildman–Crippen MR) is 223 cm³/mol. The summed E-state index contributed by atoms with van der Waals surface area (Å²) in [4.78, 5) is 32.2. The number of carbonyl (C=O) groups is 2. The molecule has 12 nitrogen and oxygen atoms in total.